The summed E-state index contributed by atoms with van der Waals surface area (Å²) in [5.74, 6) is -0.0426. The van der Waals surface area contributed by atoms with Crippen molar-refractivity contribution >= 4 is 23.8 Å². The molecule has 1 N–H and O–H groups in total. The van der Waals surface area contributed by atoms with Gasteiger partial charge in [0.15, 0.2) is 0 Å². The third-order valence-corrected chi connectivity index (χ3v) is 4.77. The third kappa shape index (κ3) is 3.14. The molecule has 2 aliphatic heterocycles. The Labute approximate surface area is 117 Å². The molecule has 3 unspecified atom stereocenters. The van der Waals surface area contributed by atoms with Crippen molar-refractivity contribution in [2.75, 3.05) is 32.5 Å². The summed E-state index contributed by atoms with van der Waals surface area (Å²) in [7, 11) is 1.55. The molecule has 2 heterocycles. The molecule has 0 aromatic carbocycles. The smallest absolute Gasteiger partial charge is 0.326 e. The van der Waals surface area contributed by atoms with E-state index in [1.165, 1.54) is 4.90 Å². The molecule has 0 spiro atoms. The van der Waals surface area contributed by atoms with E-state index in [2.05, 4.69) is 6.92 Å². The van der Waals surface area contributed by atoms with Gasteiger partial charge in [-0.15, -0.1) is 0 Å². The van der Waals surface area contributed by atoms with E-state index >= 15 is 0 Å². The number of thioether (sulfide) groups is 1. The number of hydrogen-bond donors (Lipinski definition) is 1. The standard InChI is InChI=1S/C12H20N2O4S/c1-8-6-13(3-4-19-8)12(17)14-7-9(18-2)5-10(14)11(15)16/h8-10H,3-7H2,1-2H3,(H,15,16). The molecule has 0 aromatic rings. The zero-order valence-corrected chi connectivity index (χ0v) is 12.1. The number of carboxylic acids is 1. The molecule has 2 aliphatic rings. The number of likely N-dealkylation sites (tertiary alicyclic amines) is 1. The maximum absolute atomic E-state index is 12.4. The van der Waals surface area contributed by atoms with Gasteiger partial charge < -0.3 is 19.6 Å². The molecule has 2 saturated heterocycles. The number of aliphatic carboxylic acids is 1. The Morgan fingerprint density at radius 2 is 2.11 bits per heavy atom. The van der Waals surface area contributed by atoms with Crippen molar-refractivity contribution in [2.45, 2.75) is 30.7 Å². The zero-order chi connectivity index (χ0) is 14.0. The summed E-state index contributed by atoms with van der Waals surface area (Å²) in [6.45, 7) is 3.82. The topological polar surface area (TPSA) is 70.1 Å². The van der Waals surface area contributed by atoms with Crippen LogP contribution in [-0.2, 0) is 9.53 Å². The van der Waals surface area contributed by atoms with Crippen LogP contribution in [0, 0.1) is 0 Å². The van der Waals surface area contributed by atoms with Crippen molar-refractivity contribution in [3.8, 4) is 0 Å². The van der Waals surface area contributed by atoms with Crippen LogP contribution in [-0.4, -0.2) is 76.8 Å². The molecule has 0 bridgehead atoms. The van der Waals surface area contributed by atoms with Gasteiger partial charge in [-0.2, -0.15) is 11.8 Å². The van der Waals surface area contributed by atoms with Gasteiger partial charge in [0, 0.05) is 44.2 Å². The van der Waals surface area contributed by atoms with Gasteiger partial charge in [0.1, 0.15) is 6.04 Å². The summed E-state index contributed by atoms with van der Waals surface area (Å²) < 4.78 is 5.20. The number of ether oxygens (including phenoxy) is 1. The fourth-order valence-electron chi connectivity index (χ4n) is 2.59. The summed E-state index contributed by atoms with van der Waals surface area (Å²) in [5, 5.41) is 9.63. The molecule has 2 rings (SSSR count). The minimum absolute atomic E-state index is 0.167. The summed E-state index contributed by atoms with van der Waals surface area (Å²) in [4.78, 5) is 26.9. The molecule has 19 heavy (non-hydrogen) atoms. The molecular formula is C12H20N2O4S. The highest BCUT2D eigenvalue weighted by Crippen LogP contribution is 2.24. The van der Waals surface area contributed by atoms with E-state index in [1.54, 1.807) is 12.0 Å². The Bertz CT molecular complexity index is 366. The molecule has 0 aromatic heterocycles. The van der Waals surface area contributed by atoms with Gasteiger partial charge in [0.25, 0.3) is 0 Å². The second kappa shape index (κ2) is 6.00. The number of nitrogens with zero attached hydrogens (tertiary/aromatic N) is 2. The number of carbonyl (C=O) groups excluding carboxylic acids is 1. The minimum atomic E-state index is -0.952. The van der Waals surface area contributed by atoms with Gasteiger partial charge in [0.05, 0.1) is 6.10 Å². The monoisotopic (exact) mass is 288 g/mol. The number of hydrogen-bond acceptors (Lipinski definition) is 4. The van der Waals surface area contributed by atoms with Gasteiger partial charge in [-0.25, -0.2) is 9.59 Å². The normalized spacial score (nSPS) is 31.6. The number of rotatable bonds is 2. The Morgan fingerprint density at radius 3 is 2.68 bits per heavy atom. The fraction of sp³-hybridized carbons (Fsp3) is 0.833. The van der Waals surface area contributed by atoms with Crippen molar-refractivity contribution < 1.29 is 19.4 Å². The maximum atomic E-state index is 12.4. The van der Waals surface area contributed by atoms with Crippen LogP contribution in [0.2, 0.25) is 0 Å². The lowest BCUT2D eigenvalue weighted by Crippen LogP contribution is -2.51. The number of carbonyl (C=O) groups is 2. The molecule has 108 valence electrons. The SMILES string of the molecule is COC1CC(C(=O)O)N(C(=O)N2CCSC(C)C2)C1. The number of urea groups is 1. The average molecular weight is 288 g/mol. The highest BCUT2D eigenvalue weighted by Gasteiger charge is 2.41. The molecule has 0 aliphatic carbocycles. The summed E-state index contributed by atoms with van der Waals surface area (Å²) >= 11 is 1.84. The lowest BCUT2D eigenvalue weighted by Gasteiger charge is -2.34. The molecule has 2 amide bonds. The van der Waals surface area contributed by atoms with Crippen LogP contribution in [0.1, 0.15) is 13.3 Å². The first-order chi connectivity index (χ1) is 9.02. The molecule has 3 atom stereocenters. The van der Waals surface area contributed by atoms with E-state index < -0.39 is 12.0 Å². The highest BCUT2D eigenvalue weighted by atomic mass is 32.2. The van der Waals surface area contributed by atoms with E-state index in [4.69, 9.17) is 4.74 Å². The number of carboxylic acid groups (broad SMARTS) is 1. The van der Waals surface area contributed by atoms with Crippen LogP contribution in [0.15, 0.2) is 0 Å². The number of amides is 2. The summed E-state index contributed by atoms with van der Waals surface area (Å²) in [5.41, 5.74) is 0. The second-order valence-electron chi connectivity index (χ2n) is 5.01. The Morgan fingerprint density at radius 1 is 1.37 bits per heavy atom. The predicted octanol–water partition coefficient (Wildman–Crippen LogP) is 0.718. The molecule has 0 radical (unpaired) electrons. The van der Waals surface area contributed by atoms with Crippen LogP contribution >= 0.6 is 11.8 Å². The van der Waals surface area contributed by atoms with Gasteiger partial charge >= 0.3 is 12.0 Å². The van der Waals surface area contributed by atoms with Gasteiger partial charge in [-0.1, -0.05) is 6.92 Å². The molecule has 0 saturated carbocycles. The summed E-state index contributed by atoms with van der Waals surface area (Å²) in [6, 6.07) is -0.929. The quantitative estimate of drug-likeness (QED) is 0.810. The van der Waals surface area contributed by atoms with Crippen molar-refractivity contribution in [1.29, 1.82) is 0 Å². The van der Waals surface area contributed by atoms with Crippen LogP contribution in [0.5, 0.6) is 0 Å². The Kier molecular flexibility index (Phi) is 4.57. The maximum Gasteiger partial charge on any atom is 0.326 e. The van der Waals surface area contributed by atoms with Crippen molar-refractivity contribution in [1.82, 2.24) is 9.80 Å². The van der Waals surface area contributed by atoms with E-state index in [0.29, 0.717) is 31.3 Å². The summed E-state index contributed by atoms with van der Waals surface area (Å²) in [6.07, 6.45) is 0.192. The first-order valence-electron chi connectivity index (χ1n) is 6.45. The first-order valence-corrected chi connectivity index (χ1v) is 7.50. The molecule has 2 fully saturated rings. The molecular weight excluding hydrogens is 268 g/mol. The van der Waals surface area contributed by atoms with Crippen LogP contribution in [0.3, 0.4) is 0 Å². The van der Waals surface area contributed by atoms with Crippen LogP contribution in [0.25, 0.3) is 0 Å². The fourth-order valence-corrected chi connectivity index (χ4v) is 3.60. The van der Waals surface area contributed by atoms with Gasteiger partial charge in [-0.3, -0.25) is 0 Å². The zero-order valence-electron chi connectivity index (χ0n) is 11.2. The number of methoxy groups -OCH3 is 1. The van der Waals surface area contributed by atoms with E-state index in [9.17, 15) is 14.7 Å². The van der Waals surface area contributed by atoms with E-state index in [-0.39, 0.29) is 12.1 Å². The van der Waals surface area contributed by atoms with Gasteiger partial charge in [0.2, 0.25) is 0 Å². The Hall–Kier alpha value is -0.950. The van der Waals surface area contributed by atoms with Crippen molar-refractivity contribution in [3.63, 3.8) is 0 Å². The van der Waals surface area contributed by atoms with E-state index in [0.717, 1.165) is 5.75 Å². The molecule has 7 heteroatoms. The van der Waals surface area contributed by atoms with Crippen LogP contribution in [0.4, 0.5) is 4.79 Å². The molecule has 6 nitrogen and oxygen atoms in total. The largest absolute Gasteiger partial charge is 0.480 e. The van der Waals surface area contributed by atoms with E-state index in [1.807, 2.05) is 11.8 Å². The lowest BCUT2D eigenvalue weighted by atomic mass is 10.2. The van der Waals surface area contributed by atoms with Crippen molar-refractivity contribution in [3.05, 3.63) is 0 Å². The first kappa shape index (κ1) is 14.5. The average Bonchev–Trinajstić information content (AvgIpc) is 2.82. The lowest BCUT2D eigenvalue weighted by molar-refractivity contribution is -0.141. The third-order valence-electron chi connectivity index (χ3n) is 3.64. The van der Waals surface area contributed by atoms with Gasteiger partial charge in [-0.05, 0) is 0 Å². The Balaban J connectivity index is 2.05. The van der Waals surface area contributed by atoms with Crippen molar-refractivity contribution in [2.24, 2.45) is 0 Å². The second-order valence-corrected chi connectivity index (χ2v) is 6.56. The predicted molar refractivity (Wildman–Crippen MR) is 72.4 cm³/mol. The van der Waals surface area contributed by atoms with Crippen LogP contribution < -0.4 is 0 Å². The minimum Gasteiger partial charge on any atom is -0.480 e. The highest BCUT2D eigenvalue weighted by molar-refractivity contribution is 7.99.